The highest BCUT2D eigenvalue weighted by molar-refractivity contribution is 5.85. The first-order chi connectivity index (χ1) is 22.1. The standard InChI is InChI=1S/C44H39N/c1-34-21-27-39(28-22-34)43(40-29-23-35(2)24-30-40)20-12-13-36-25-31-42(32-26-36)45(41-18-10-5-11-19-41)33-44(37-14-6-3-7-15-37)38-16-8-4-9-17-38/h3-23,25-33,35H,24H2,1-2H3/b13-12+,43-20-. The fourth-order valence-electron chi connectivity index (χ4n) is 5.59. The van der Waals surface area contributed by atoms with Gasteiger partial charge in [0, 0.05) is 23.1 Å². The first-order valence-corrected chi connectivity index (χ1v) is 15.8. The molecule has 0 aromatic heterocycles. The van der Waals surface area contributed by atoms with Crippen molar-refractivity contribution in [2.45, 2.75) is 20.3 Å². The van der Waals surface area contributed by atoms with Crippen LogP contribution in [-0.4, -0.2) is 0 Å². The molecular formula is C44H39N. The average molecular weight is 582 g/mol. The van der Waals surface area contributed by atoms with Crippen molar-refractivity contribution in [3.05, 3.63) is 209 Å². The third-order valence-electron chi connectivity index (χ3n) is 8.17. The van der Waals surface area contributed by atoms with E-state index in [2.05, 4.69) is 201 Å². The van der Waals surface area contributed by atoms with Gasteiger partial charge in [-0.1, -0.05) is 164 Å². The molecule has 0 amide bonds. The van der Waals surface area contributed by atoms with Gasteiger partial charge in [0.25, 0.3) is 0 Å². The smallest absolute Gasteiger partial charge is 0.0456 e. The predicted octanol–water partition coefficient (Wildman–Crippen LogP) is 11.8. The van der Waals surface area contributed by atoms with Crippen LogP contribution in [0.2, 0.25) is 0 Å². The van der Waals surface area contributed by atoms with Crippen LogP contribution in [0, 0.1) is 12.8 Å². The van der Waals surface area contributed by atoms with Gasteiger partial charge in [-0.25, -0.2) is 0 Å². The minimum atomic E-state index is 0.587. The quantitative estimate of drug-likeness (QED) is 0.157. The van der Waals surface area contributed by atoms with Crippen LogP contribution in [-0.2, 0) is 0 Å². The van der Waals surface area contributed by atoms with Gasteiger partial charge in [-0.2, -0.15) is 0 Å². The van der Waals surface area contributed by atoms with Crippen molar-refractivity contribution in [3.63, 3.8) is 0 Å². The molecule has 1 unspecified atom stereocenters. The lowest BCUT2D eigenvalue weighted by Crippen LogP contribution is -2.10. The molecule has 1 aliphatic carbocycles. The molecule has 0 aliphatic heterocycles. The van der Waals surface area contributed by atoms with Crippen molar-refractivity contribution >= 4 is 28.6 Å². The molecule has 0 heterocycles. The zero-order valence-corrected chi connectivity index (χ0v) is 26.1. The molecular weight excluding hydrogens is 542 g/mol. The van der Waals surface area contributed by atoms with Crippen LogP contribution in [0.5, 0.6) is 0 Å². The van der Waals surface area contributed by atoms with Crippen LogP contribution in [0.15, 0.2) is 182 Å². The van der Waals surface area contributed by atoms with E-state index in [0.717, 1.165) is 23.4 Å². The Kier molecular flexibility index (Phi) is 9.48. The number of aryl methyl sites for hydroxylation is 1. The lowest BCUT2D eigenvalue weighted by molar-refractivity contribution is 0.733. The first-order valence-electron chi connectivity index (χ1n) is 15.8. The van der Waals surface area contributed by atoms with Crippen molar-refractivity contribution in [1.29, 1.82) is 0 Å². The van der Waals surface area contributed by atoms with Crippen LogP contribution >= 0.6 is 0 Å². The minimum Gasteiger partial charge on any atom is -0.317 e. The molecule has 1 nitrogen and oxygen atoms in total. The fourth-order valence-corrected chi connectivity index (χ4v) is 5.59. The normalized spacial score (nSPS) is 14.7. The fraction of sp³-hybridized carbons (Fsp3) is 0.0909. The molecule has 5 aromatic carbocycles. The molecule has 5 aromatic rings. The summed E-state index contributed by atoms with van der Waals surface area (Å²) in [7, 11) is 0. The van der Waals surface area contributed by atoms with Crippen molar-refractivity contribution in [2.24, 2.45) is 5.92 Å². The van der Waals surface area contributed by atoms with Gasteiger partial charge in [-0.05, 0) is 76.9 Å². The summed E-state index contributed by atoms with van der Waals surface area (Å²) in [6.45, 7) is 4.40. The van der Waals surface area contributed by atoms with E-state index in [1.165, 1.54) is 39.0 Å². The van der Waals surface area contributed by atoms with E-state index in [-0.39, 0.29) is 0 Å². The summed E-state index contributed by atoms with van der Waals surface area (Å²) in [5, 5.41) is 0. The highest BCUT2D eigenvalue weighted by Crippen LogP contribution is 2.32. The second-order valence-electron chi connectivity index (χ2n) is 11.6. The van der Waals surface area contributed by atoms with Crippen molar-refractivity contribution in [1.82, 2.24) is 0 Å². The van der Waals surface area contributed by atoms with Gasteiger partial charge in [-0.3, -0.25) is 0 Å². The van der Waals surface area contributed by atoms with Gasteiger partial charge in [0.2, 0.25) is 0 Å². The largest absolute Gasteiger partial charge is 0.317 e. The number of nitrogens with zero attached hydrogens (tertiary/aromatic N) is 1. The SMILES string of the molecule is Cc1ccc(/C(=C/C=C/c2ccc(N(C=C(c3ccccc3)c3ccccc3)c3ccccc3)cc2)C2=CCC(C)C=C2)cc1. The second-order valence-corrected chi connectivity index (χ2v) is 11.6. The third kappa shape index (κ3) is 7.58. The number of anilines is 2. The zero-order chi connectivity index (χ0) is 30.8. The Labute approximate surface area is 268 Å². The Hall–Kier alpha value is -5.40. The van der Waals surface area contributed by atoms with Crippen LogP contribution < -0.4 is 4.90 Å². The number of para-hydroxylation sites is 1. The maximum Gasteiger partial charge on any atom is 0.0456 e. The van der Waals surface area contributed by atoms with Gasteiger partial charge in [0.15, 0.2) is 0 Å². The van der Waals surface area contributed by atoms with E-state index in [9.17, 15) is 0 Å². The van der Waals surface area contributed by atoms with E-state index in [0.29, 0.717) is 5.92 Å². The number of benzene rings is 5. The Bertz CT molecular complexity index is 1800. The van der Waals surface area contributed by atoms with Crippen molar-refractivity contribution < 1.29 is 0 Å². The van der Waals surface area contributed by atoms with Gasteiger partial charge >= 0.3 is 0 Å². The van der Waals surface area contributed by atoms with Crippen molar-refractivity contribution in [2.75, 3.05) is 4.90 Å². The lowest BCUT2D eigenvalue weighted by atomic mass is 9.90. The highest BCUT2D eigenvalue weighted by atomic mass is 15.1. The van der Waals surface area contributed by atoms with Gasteiger partial charge in [0.05, 0.1) is 0 Å². The van der Waals surface area contributed by atoms with Crippen LogP contribution in [0.1, 0.15) is 41.2 Å². The molecule has 220 valence electrons. The number of rotatable bonds is 9. The summed E-state index contributed by atoms with van der Waals surface area (Å²) in [5.74, 6) is 0.587. The van der Waals surface area contributed by atoms with E-state index in [1.807, 2.05) is 0 Å². The van der Waals surface area contributed by atoms with Crippen LogP contribution in [0.4, 0.5) is 11.4 Å². The molecule has 0 saturated heterocycles. The van der Waals surface area contributed by atoms with Crippen molar-refractivity contribution in [3.8, 4) is 0 Å². The Morgan fingerprint density at radius 3 is 1.76 bits per heavy atom. The summed E-state index contributed by atoms with van der Waals surface area (Å²) >= 11 is 0. The van der Waals surface area contributed by atoms with E-state index >= 15 is 0 Å². The van der Waals surface area contributed by atoms with Gasteiger partial charge < -0.3 is 4.90 Å². The number of hydrogen-bond donors (Lipinski definition) is 0. The molecule has 0 fully saturated rings. The topological polar surface area (TPSA) is 3.24 Å². The maximum absolute atomic E-state index is 2.36. The molecule has 0 spiro atoms. The molecule has 1 heteroatoms. The Balaban J connectivity index is 1.33. The molecule has 6 rings (SSSR count). The molecule has 0 saturated carbocycles. The van der Waals surface area contributed by atoms with E-state index in [1.54, 1.807) is 0 Å². The Morgan fingerprint density at radius 1 is 0.622 bits per heavy atom. The summed E-state index contributed by atoms with van der Waals surface area (Å²) in [6, 6.07) is 49.4. The van der Waals surface area contributed by atoms with E-state index in [4.69, 9.17) is 0 Å². The average Bonchev–Trinajstić information content (AvgIpc) is 3.10. The summed E-state index contributed by atoms with van der Waals surface area (Å²) < 4.78 is 0. The molecule has 0 bridgehead atoms. The predicted molar refractivity (Wildman–Crippen MR) is 194 cm³/mol. The third-order valence-corrected chi connectivity index (χ3v) is 8.17. The summed E-state index contributed by atoms with van der Waals surface area (Å²) in [6.07, 6.45) is 16.9. The molecule has 0 radical (unpaired) electrons. The molecule has 45 heavy (non-hydrogen) atoms. The molecule has 1 aliphatic rings. The molecule has 1 atom stereocenters. The Morgan fingerprint density at radius 2 is 1.18 bits per heavy atom. The number of hydrogen-bond acceptors (Lipinski definition) is 1. The minimum absolute atomic E-state index is 0.587. The monoisotopic (exact) mass is 581 g/mol. The summed E-state index contributed by atoms with van der Waals surface area (Å²) in [4.78, 5) is 2.28. The summed E-state index contributed by atoms with van der Waals surface area (Å²) in [5.41, 5.74) is 11.9. The van der Waals surface area contributed by atoms with Gasteiger partial charge in [-0.15, -0.1) is 0 Å². The number of allylic oxidation sites excluding steroid dienone is 7. The molecule has 0 N–H and O–H groups in total. The lowest BCUT2D eigenvalue weighted by Gasteiger charge is -2.23. The first kappa shape index (κ1) is 29.7. The highest BCUT2D eigenvalue weighted by Gasteiger charge is 2.12. The zero-order valence-electron chi connectivity index (χ0n) is 26.1. The second kappa shape index (κ2) is 14.4. The maximum atomic E-state index is 2.36. The van der Waals surface area contributed by atoms with E-state index < -0.39 is 0 Å². The van der Waals surface area contributed by atoms with Crippen LogP contribution in [0.25, 0.3) is 17.2 Å². The van der Waals surface area contributed by atoms with Crippen LogP contribution in [0.3, 0.4) is 0 Å². The van der Waals surface area contributed by atoms with Gasteiger partial charge in [0.1, 0.15) is 0 Å².